The lowest BCUT2D eigenvalue weighted by Gasteiger charge is -2.08. The van der Waals surface area contributed by atoms with Crippen molar-refractivity contribution < 1.29 is 9.59 Å². The van der Waals surface area contributed by atoms with Gasteiger partial charge in [0.1, 0.15) is 0 Å². The smallest absolute Gasteiger partial charge is 0.328 e. The van der Waals surface area contributed by atoms with Gasteiger partial charge in [0.25, 0.3) is 17.4 Å². The highest BCUT2D eigenvalue weighted by Crippen LogP contribution is 2.09. The Morgan fingerprint density at radius 2 is 1.79 bits per heavy atom. The van der Waals surface area contributed by atoms with Gasteiger partial charge < -0.3 is 15.6 Å². The molecule has 2 heterocycles. The number of carbonyl (C=O) groups excluding carboxylic acids is 2. The molecule has 0 spiro atoms. The first-order valence-electron chi connectivity index (χ1n) is 8.74. The third-order valence-electron chi connectivity index (χ3n) is 4.18. The lowest BCUT2D eigenvalue weighted by molar-refractivity contribution is 0.0927. The molecule has 0 bridgehead atoms. The molecule has 9 nitrogen and oxygen atoms in total. The van der Waals surface area contributed by atoms with Crippen molar-refractivity contribution in [1.82, 2.24) is 25.2 Å². The average Bonchev–Trinajstić information content (AvgIpc) is 2.71. The van der Waals surface area contributed by atoms with E-state index in [1.54, 1.807) is 25.3 Å². The van der Waals surface area contributed by atoms with E-state index in [-0.39, 0.29) is 31.4 Å². The fourth-order valence-corrected chi connectivity index (χ4v) is 2.74. The monoisotopic (exact) mass is 381 g/mol. The van der Waals surface area contributed by atoms with Crippen LogP contribution in [-0.2, 0) is 6.54 Å². The number of fused-ring (bicyclic) bond motifs is 1. The summed E-state index contributed by atoms with van der Waals surface area (Å²) in [5.74, 6) is -0.657. The van der Waals surface area contributed by atoms with Gasteiger partial charge in [0.05, 0.1) is 16.5 Å². The van der Waals surface area contributed by atoms with E-state index >= 15 is 0 Å². The molecule has 3 aromatic rings. The first kappa shape index (κ1) is 19.0. The molecule has 3 rings (SSSR count). The van der Waals surface area contributed by atoms with Crippen molar-refractivity contribution in [2.75, 3.05) is 13.1 Å². The van der Waals surface area contributed by atoms with E-state index in [1.165, 1.54) is 24.4 Å². The van der Waals surface area contributed by atoms with Gasteiger partial charge in [0.2, 0.25) is 0 Å². The maximum absolute atomic E-state index is 12.3. The molecule has 2 aromatic heterocycles. The highest BCUT2D eigenvalue weighted by atomic mass is 16.2. The molecule has 3 N–H and O–H groups in total. The number of aromatic nitrogens is 3. The molecular weight excluding hydrogens is 362 g/mol. The minimum Gasteiger partial charge on any atom is -0.350 e. The first-order valence-corrected chi connectivity index (χ1v) is 8.74. The Bertz CT molecular complexity index is 1130. The molecule has 0 saturated heterocycles. The van der Waals surface area contributed by atoms with Gasteiger partial charge in [-0.25, -0.2) is 4.79 Å². The molecular formula is C19H19N5O4. The summed E-state index contributed by atoms with van der Waals surface area (Å²) in [5, 5.41) is 5.69. The van der Waals surface area contributed by atoms with Crippen molar-refractivity contribution in [3.8, 4) is 0 Å². The van der Waals surface area contributed by atoms with Crippen LogP contribution in [0.2, 0.25) is 0 Å². The van der Waals surface area contributed by atoms with Crippen molar-refractivity contribution >= 4 is 22.7 Å². The Morgan fingerprint density at radius 1 is 1.07 bits per heavy atom. The fraction of sp³-hybridized carbons (Fsp3) is 0.211. The number of hydrogen-bond donors (Lipinski definition) is 3. The number of H-pyrrole nitrogens is 1. The van der Waals surface area contributed by atoms with Crippen LogP contribution >= 0.6 is 0 Å². The zero-order valence-corrected chi connectivity index (χ0v) is 15.2. The molecule has 0 saturated carbocycles. The maximum atomic E-state index is 12.3. The molecule has 0 radical (unpaired) electrons. The molecule has 0 unspecified atom stereocenters. The summed E-state index contributed by atoms with van der Waals surface area (Å²) in [4.78, 5) is 54.8. The van der Waals surface area contributed by atoms with E-state index in [0.29, 0.717) is 22.0 Å². The van der Waals surface area contributed by atoms with Gasteiger partial charge >= 0.3 is 5.69 Å². The van der Waals surface area contributed by atoms with Crippen LogP contribution in [-0.4, -0.2) is 39.4 Å². The van der Waals surface area contributed by atoms with Gasteiger partial charge in [-0.2, -0.15) is 0 Å². The van der Waals surface area contributed by atoms with Crippen molar-refractivity contribution in [2.24, 2.45) is 0 Å². The molecule has 0 aliphatic heterocycles. The molecule has 144 valence electrons. The zero-order valence-electron chi connectivity index (χ0n) is 15.2. The molecule has 0 aliphatic rings. The van der Waals surface area contributed by atoms with Gasteiger partial charge in [-0.05, 0) is 37.3 Å². The van der Waals surface area contributed by atoms with Crippen LogP contribution in [0.5, 0.6) is 0 Å². The molecule has 28 heavy (non-hydrogen) atoms. The second-order valence-electron chi connectivity index (χ2n) is 5.99. The van der Waals surface area contributed by atoms with E-state index in [9.17, 15) is 19.2 Å². The third-order valence-corrected chi connectivity index (χ3v) is 4.18. The second-order valence-corrected chi connectivity index (χ2v) is 5.99. The summed E-state index contributed by atoms with van der Waals surface area (Å²) in [7, 11) is 0. The Morgan fingerprint density at radius 3 is 2.43 bits per heavy atom. The van der Waals surface area contributed by atoms with Gasteiger partial charge in [-0.15, -0.1) is 0 Å². The van der Waals surface area contributed by atoms with E-state index in [0.717, 1.165) is 4.57 Å². The molecule has 1 aromatic carbocycles. The van der Waals surface area contributed by atoms with Crippen LogP contribution in [0.4, 0.5) is 0 Å². The van der Waals surface area contributed by atoms with Crippen LogP contribution in [0.15, 0.2) is 52.3 Å². The van der Waals surface area contributed by atoms with Gasteiger partial charge in [0, 0.05) is 37.6 Å². The summed E-state index contributed by atoms with van der Waals surface area (Å²) >= 11 is 0. The molecule has 9 heteroatoms. The van der Waals surface area contributed by atoms with Gasteiger partial charge in [-0.3, -0.25) is 23.9 Å². The minimum absolute atomic E-state index is 0.219. The Kier molecular flexibility index (Phi) is 5.64. The number of carbonyl (C=O) groups is 2. The van der Waals surface area contributed by atoms with Crippen LogP contribution < -0.4 is 21.9 Å². The van der Waals surface area contributed by atoms with Crippen molar-refractivity contribution in [3.63, 3.8) is 0 Å². The highest BCUT2D eigenvalue weighted by molar-refractivity contribution is 5.97. The SMILES string of the molecule is CCn1c(=O)[nH]c2cc(C(=O)NCCNC(=O)c3cccnc3)ccc2c1=O. The number of amides is 2. The maximum Gasteiger partial charge on any atom is 0.328 e. The average molecular weight is 381 g/mol. The Balaban J connectivity index is 1.63. The van der Waals surface area contributed by atoms with Crippen LogP contribution in [0.25, 0.3) is 10.9 Å². The van der Waals surface area contributed by atoms with Crippen LogP contribution in [0.3, 0.4) is 0 Å². The van der Waals surface area contributed by atoms with Gasteiger partial charge in [0.15, 0.2) is 0 Å². The normalized spacial score (nSPS) is 10.6. The van der Waals surface area contributed by atoms with Gasteiger partial charge in [-0.1, -0.05) is 0 Å². The fourth-order valence-electron chi connectivity index (χ4n) is 2.74. The van der Waals surface area contributed by atoms with E-state index < -0.39 is 11.2 Å². The van der Waals surface area contributed by atoms with E-state index in [2.05, 4.69) is 20.6 Å². The van der Waals surface area contributed by atoms with Crippen molar-refractivity contribution in [2.45, 2.75) is 13.5 Å². The third kappa shape index (κ3) is 3.98. The number of aromatic amines is 1. The summed E-state index contributed by atoms with van der Waals surface area (Å²) in [6.45, 7) is 2.43. The Labute approximate surface area is 159 Å². The first-order chi connectivity index (χ1) is 13.5. The van der Waals surface area contributed by atoms with E-state index in [4.69, 9.17) is 0 Å². The zero-order chi connectivity index (χ0) is 20.1. The number of rotatable bonds is 6. The summed E-state index contributed by atoms with van der Waals surface area (Å²) in [5.41, 5.74) is 0.125. The quantitative estimate of drug-likeness (QED) is 0.528. The Hall–Kier alpha value is -3.75. The predicted molar refractivity (Wildman–Crippen MR) is 103 cm³/mol. The number of nitrogens with zero attached hydrogens (tertiary/aromatic N) is 2. The van der Waals surface area contributed by atoms with Crippen molar-refractivity contribution in [3.05, 3.63) is 74.7 Å². The van der Waals surface area contributed by atoms with Crippen LogP contribution in [0, 0.1) is 0 Å². The summed E-state index contributed by atoms with van der Waals surface area (Å²) in [6.07, 6.45) is 3.03. The standard InChI is InChI=1S/C19H19N5O4/c1-2-24-18(27)14-6-5-12(10-15(14)23-19(24)28)16(25)21-8-9-22-17(26)13-4-3-7-20-11-13/h3-7,10-11H,2,8-9H2,1H3,(H,21,25)(H,22,26)(H,23,28). The highest BCUT2D eigenvalue weighted by Gasteiger charge is 2.11. The van der Waals surface area contributed by atoms with E-state index in [1.807, 2.05) is 0 Å². The number of pyridine rings is 1. The molecule has 2 amide bonds. The molecule has 0 fully saturated rings. The summed E-state index contributed by atoms with van der Waals surface area (Å²) in [6, 6.07) is 7.80. The predicted octanol–water partition coefficient (Wildman–Crippen LogP) is 0.265. The largest absolute Gasteiger partial charge is 0.350 e. The lowest BCUT2D eigenvalue weighted by atomic mass is 10.1. The number of hydrogen-bond acceptors (Lipinski definition) is 5. The van der Waals surface area contributed by atoms with Crippen molar-refractivity contribution in [1.29, 1.82) is 0 Å². The van der Waals surface area contributed by atoms with Crippen LogP contribution in [0.1, 0.15) is 27.6 Å². The lowest BCUT2D eigenvalue weighted by Crippen LogP contribution is -2.35. The minimum atomic E-state index is -0.518. The topological polar surface area (TPSA) is 126 Å². The number of benzene rings is 1. The molecule has 0 aliphatic carbocycles. The second kappa shape index (κ2) is 8.30. The molecule has 0 atom stereocenters. The summed E-state index contributed by atoms with van der Waals surface area (Å²) < 4.78 is 1.09. The number of nitrogens with one attached hydrogen (secondary N) is 3.